The highest BCUT2D eigenvalue weighted by atomic mass is 19.1. The van der Waals surface area contributed by atoms with Crippen LogP contribution in [0.25, 0.3) is 0 Å². The zero-order chi connectivity index (χ0) is 14.0. The fourth-order valence-corrected chi connectivity index (χ4v) is 2.22. The number of rotatable bonds is 4. The summed E-state index contributed by atoms with van der Waals surface area (Å²) in [6.07, 6.45) is 0.446. The zero-order valence-corrected chi connectivity index (χ0v) is 11.2. The number of nitrogens with zero attached hydrogens (tertiary/aromatic N) is 2. The van der Waals surface area contributed by atoms with Gasteiger partial charge in [-0.05, 0) is 38.1 Å². The zero-order valence-electron chi connectivity index (χ0n) is 11.2. The smallest absolute Gasteiger partial charge is 0.129 e. The van der Waals surface area contributed by atoms with Crippen LogP contribution >= 0.6 is 0 Å². The first-order chi connectivity index (χ1) is 9.01. The summed E-state index contributed by atoms with van der Waals surface area (Å²) in [7, 11) is 3.67. The van der Waals surface area contributed by atoms with Crippen molar-refractivity contribution in [2.45, 2.75) is 19.4 Å². The van der Waals surface area contributed by atoms with Crippen LogP contribution in [0.4, 0.5) is 8.78 Å². The van der Waals surface area contributed by atoms with Gasteiger partial charge in [0.25, 0.3) is 0 Å². The van der Waals surface area contributed by atoms with Crippen LogP contribution in [0.15, 0.2) is 24.3 Å². The van der Waals surface area contributed by atoms with E-state index >= 15 is 0 Å². The molecular weight excluding hydrogens is 248 g/mol. The van der Waals surface area contributed by atoms with Crippen LogP contribution in [0.3, 0.4) is 0 Å². The summed E-state index contributed by atoms with van der Waals surface area (Å²) in [5.74, 6) is -1.07. The van der Waals surface area contributed by atoms with Gasteiger partial charge in [0.1, 0.15) is 11.6 Å². The number of benzene rings is 1. The molecule has 1 atom stereocenters. The maximum absolute atomic E-state index is 13.7. The number of nitrogens with one attached hydrogen (secondary N) is 1. The van der Waals surface area contributed by atoms with E-state index in [2.05, 4.69) is 10.4 Å². The highest BCUT2D eigenvalue weighted by Gasteiger charge is 2.17. The minimum Gasteiger partial charge on any atom is -0.311 e. The summed E-state index contributed by atoms with van der Waals surface area (Å²) >= 11 is 0. The van der Waals surface area contributed by atoms with Gasteiger partial charge < -0.3 is 5.32 Å². The molecule has 0 aliphatic carbocycles. The van der Waals surface area contributed by atoms with Crippen molar-refractivity contribution in [3.8, 4) is 0 Å². The Morgan fingerprint density at radius 2 is 2.05 bits per heavy atom. The van der Waals surface area contributed by atoms with E-state index in [0.717, 1.165) is 17.5 Å². The highest BCUT2D eigenvalue weighted by Crippen LogP contribution is 2.20. The molecule has 0 radical (unpaired) electrons. The normalized spacial score (nSPS) is 12.7. The maximum Gasteiger partial charge on any atom is 0.129 e. The molecule has 3 nitrogen and oxygen atoms in total. The Kier molecular flexibility index (Phi) is 3.95. The van der Waals surface area contributed by atoms with E-state index < -0.39 is 11.6 Å². The first-order valence-corrected chi connectivity index (χ1v) is 6.13. The van der Waals surface area contributed by atoms with Crippen molar-refractivity contribution in [2.75, 3.05) is 7.05 Å². The Hall–Kier alpha value is -1.75. The Morgan fingerprint density at radius 3 is 2.58 bits per heavy atom. The summed E-state index contributed by atoms with van der Waals surface area (Å²) in [5.41, 5.74) is 2.38. The number of hydrogen-bond donors (Lipinski definition) is 1. The Bertz CT molecular complexity index is 578. The van der Waals surface area contributed by atoms with Crippen LogP contribution in [-0.2, 0) is 13.5 Å². The molecule has 0 saturated heterocycles. The summed E-state index contributed by atoms with van der Waals surface area (Å²) in [6.45, 7) is 1.91. The second-order valence-corrected chi connectivity index (χ2v) is 4.62. The summed E-state index contributed by atoms with van der Waals surface area (Å²) in [4.78, 5) is 0. The van der Waals surface area contributed by atoms with E-state index in [9.17, 15) is 8.78 Å². The second-order valence-electron chi connectivity index (χ2n) is 4.62. The fourth-order valence-electron chi connectivity index (χ4n) is 2.22. The van der Waals surface area contributed by atoms with Crippen molar-refractivity contribution >= 4 is 0 Å². The summed E-state index contributed by atoms with van der Waals surface area (Å²) < 4.78 is 28.3. The van der Waals surface area contributed by atoms with Crippen LogP contribution in [0.2, 0.25) is 0 Å². The predicted octanol–water partition coefficient (Wildman–Crippen LogP) is 2.51. The van der Waals surface area contributed by atoms with E-state index in [4.69, 9.17) is 0 Å². The molecule has 0 aliphatic rings. The molecule has 0 spiro atoms. The molecule has 0 amide bonds. The monoisotopic (exact) mass is 265 g/mol. The van der Waals surface area contributed by atoms with E-state index in [-0.39, 0.29) is 6.04 Å². The third kappa shape index (κ3) is 2.98. The lowest BCUT2D eigenvalue weighted by Gasteiger charge is -2.17. The lowest BCUT2D eigenvalue weighted by atomic mass is 10.0. The SMILES string of the molecule is CNC(Cc1ccc(F)cc1F)c1cc(C)nn1C. The summed E-state index contributed by atoms with van der Waals surface area (Å²) in [5, 5.41) is 7.42. The van der Waals surface area contributed by atoms with Gasteiger partial charge in [0.2, 0.25) is 0 Å². The van der Waals surface area contributed by atoms with Crippen molar-refractivity contribution in [2.24, 2.45) is 7.05 Å². The van der Waals surface area contributed by atoms with Gasteiger partial charge in [-0.3, -0.25) is 4.68 Å². The Morgan fingerprint density at radius 1 is 1.32 bits per heavy atom. The number of halogens is 2. The van der Waals surface area contributed by atoms with E-state index in [0.29, 0.717) is 12.0 Å². The molecule has 0 aliphatic heterocycles. The Balaban J connectivity index is 2.26. The molecule has 1 N–H and O–H groups in total. The standard InChI is InChI=1S/C14H17F2N3/c1-9-6-14(19(3)18-9)13(17-2)7-10-4-5-11(15)8-12(10)16/h4-6,8,13,17H,7H2,1-3H3. The van der Waals surface area contributed by atoms with Crippen LogP contribution < -0.4 is 5.32 Å². The lowest BCUT2D eigenvalue weighted by molar-refractivity contribution is 0.514. The topological polar surface area (TPSA) is 29.9 Å². The summed E-state index contributed by atoms with van der Waals surface area (Å²) in [6, 6.07) is 5.57. The molecule has 0 bridgehead atoms. The van der Waals surface area contributed by atoms with Gasteiger partial charge in [0.15, 0.2) is 0 Å². The number of hydrogen-bond acceptors (Lipinski definition) is 2. The van der Waals surface area contributed by atoms with Gasteiger partial charge in [-0.25, -0.2) is 8.78 Å². The molecule has 5 heteroatoms. The van der Waals surface area contributed by atoms with E-state index in [1.165, 1.54) is 12.1 Å². The molecule has 1 aromatic heterocycles. The molecular formula is C14H17F2N3. The van der Waals surface area contributed by atoms with Gasteiger partial charge in [0.05, 0.1) is 17.4 Å². The first kappa shape index (κ1) is 13.7. The largest absolute Gasteiger partial charge is 0.311 e. The van der Waals surface area contributed by atoms with Gasteiger partial charge >= 0.3 is 0 Å². The molecule has 102 valence electrons. The minimum absolute atomic E-state index is 0.0637. The van der Waals surface area contributed by atoms with E-state index in [1.54, 1.807) is 4.68 Å². The number of aromatic nitrogens is 2. The molecule has 0 fully saturated rings. The average molecular weight is 265 g/mol. The number of likely N-dealkylation sites (N-methyl/N-ethyl adjacent to an activating group) is 1. The third-order valence-corrected chi connectivity index (χ3v) is 3.18. The average Bonchev–Trinajstić information content (AvgIpc) is 2.68. The highest BCUT2D eigenvalue weighted by molar-refractivity contribution is 5.23. The molecule has 1 unspecified atom stereocenters. The van der Waals surface area contributed by atoms with E-state index in [1.807, 2.05) is 27.1 Å². The minimum atomic E-state index is -0.557. The maximum atomic E-state index is 13.7. The van der Waals surface area contributed by atoms with Crippen LogP contribution in [0, 0.1) is 18.6 Å². The molecule has 1 aromatic carbocycles. The predicted molar refractivity (Wildman–Crippen MR) is 69.8 cm³/mol. The van der Waals surface area contributed by atoms with Crippen molar-refractivity contribution < 1.29 is 8.78 Å². The van der Waals surface area contributed by atoms with Crippen molar-refractivity contribution in [3.63, 3.8) is 0 Å². The molecule has 0 saturated carbocycles. The lowest BCUT2D eigenvalue weighted by Crippen LogP contribution is -2.22. The van der Waals surface area contributed by atoms with Gasteiger partial charge in [0, 0.05) is 13.1 Å². The molecule has 2 aromatic rings. The van der Waals surface area contributed by atoms with Crippen molar-refractivity contribution in [3.05, 3.63) is 52.9 Å². The van der Waals surface area contributed by atoms with Crippen LogP contribution in [0.5, 0.6) is 0 Å². The van der Waals surface area contributed by atoms with Crippen LogP contribution in [0.1, 0.15) is 23.0 Å². The molecule has 1 heterocycles. The van der Waals surface area contributed by atoms with Crippen LogP contribution in [-0.4, -0.2) is 16.8 Å². The van der Waals surface area contributed by atoms with Gasteiger partial charge in [-0.1, -0.05) is 6.07 Å². The second kappa shape index (κ2) is 5.48. The van der Waals surface area contributed by atoms with Gasteiger partial charge in [-0.2, -0.15) is 5.10 Å². The van der Waals surface area contributed by atoms with Crippen molar-refractivity contribution in [1.82, 2.24) is 15.1 Å². The first-order valence-electron chi connectivity index (χ1n) is 6.13. The molecule has 2 rings (SSSR count). The number of aryl methyl sites for hydroxylation is 2. The third-order valence-electron chi connectivity index (χ3n) is 3.18. The molecule has 19 heavy (non-hydrogen) atoms. The quantitative estimate of drug-likeness (QED) is 0.920. The van der Waals surface area contributed by atoms with Crippen molar-refractivity contribution in [1.29, 1.82) is 0 Å². The Labute approximate surface area is 111 Å². The van der Waals surface area contributed by atoms with Gasteiger partial charge in [-0.15, -0.1) is 0 Å². The fraction of sp³-hybridized carbons (Fsp3) is 0.357.